The Kier molecular flexibility index (Phi) is 4.57. The fourth-order valence-corrected chi connectivity index (χ4v) is 2.10. The molecule has 1 aliphatic rings. The smallest absolute Gasteiger partial charge is 0.308 e. The molecule has 1 aliphatic heterocycles. The molecular weight excluding hydrogens is 262 g/mol. The van der Waals surface area contributed by atoms with Gasteiger partial charge in [-0.15, -0.1) is 0 Å². The highest BCUT2D eigenvalue weighted by atomic mass is 16.7. The third-order valence-corrected chi connectivity index (χ3v) is 2.90. The number of nitrogens with zero attached hydrogens (tertiary/aromatic N) is 1. The highest BCUT2D eigenvalue weighted by molar-refractivity contribution is 5.97. The molecule has 1 aromatic carbocycles. The van der Waals surface area contributed by atoms with Gasteiger partial charge in [-0.1, -0.05) is 6.07 Å². The average molecular weight is 279 g/mol. The molecular formula is C14H17NO5. The third-order valence-electron chi connectivity index (χ3n) is 2.90. The first-order valence-corrected chi connectivity index (χ1v) is 6.37. The van der Waals surface area contributed by atoms with Gasteiger partial charge < -0.3 is 19.1 Å². The van der Waals surface area contributed by atoms with Crippen LogP contribution in [0.25, 0.3) is 0 Å². The molecule has 1 heterocycles. The van der Waals surface area contributed by atoms with E-state index in [2.05, 4.69) is 0 Å². The number of amides is 1. The van der Waals surface area contributed by atoms with Gasteiger partial charge in [-0.25, -0.2) is 0 Å². The maximum atomic E-state index is 11.9. The first-order valence-electron chi connectivity index (χ1n) is 6.37. The standard InChI is InChI=1S/C14H17NO5/c1-10(16)20-14-11(15-8-4-7-13(15)17)5-3-6-12(14)19-9-18-2/h3,5-6H,4,7-9H2,1-2H3. The van der Waals surface area contributed by atoms with Crippen LogP contribution in [0.3, 0.4) is 0 Å². The van der Waals surface area contributed by atoms with Gasteiger partial charge in [0.2, 0.25) is 5.91 Å². The second-order valence-corrected chi connectivity index (χ2v) is 4.40. The molecule has 0 radical (unpaired) electrons. The van der Waals surface area contributed by atoms with E-state index in [4.69, 9.17) is 14.2 Å². The SMILES string of the molecule is COCOc1cccc(N2CCCC2=O)c1OC(C)=O. The van der Waals surface area contributed by atoms with E-state index in [1.54, 1.807) is 23.1 Å². The van der Waals surface area contributed by atoms with E-state index in [1.165, 1.54) is 14.0 Å². The van der Waals surface area contributed by atoms with Crippen molar-refractivity contribution >= 4 is 17.6 Å². The van der Waals surface area contributed by atoms with Crippen LogP contribution >= 0.6 is 0 Å². The van der Waals surface area contributed by atoms with Crippen molar-refractivity contribution in [3.63, 3.8) is 0 Å². The van der Waals surface area contributed by atoms with Gasteiger partial charge in [0, 0.05) is 27.0 Å². The summed E-state index contributed by atoms with van der Waals surface area (Å²) in [5.41, 5.74) is 0.552. The molecule has 20 heavy (non-hydrogen) atoms. The quantitative estimate of drug-likeness (QED) is 0.466. The molecule has 0 spiro atoms. The predicted molar refractivity (Wildman–Crippen MR) is 71.8 cm³/mol. The molecule has 6 heteroatoms. The van der Waals surface area contributed by atoms with E-state index >= 15 is 0 Å². The number of carbonyl (C=O) groups is 2. The number of hydrogen-bond acceptors (Lipinski definition) is 5. The van der Waals surface area contributed by atoms with E-state index in [0.717, 1.165) is 6.42 Å². The van der Waals surface area contributed by atoms with Crippen LogP contribution in [0, 0.1) is 0 Å². The Hall–Kier alpha value is -2.08. The maximum absolute atomic E-state index is 11.9. The zero-order valence-electron chi connectivity index (χ0n) is 11.5. The van der Waals surface area contributed by atoms with Gasteiger partial charge in [0.1, 0.15) is 0 Å². The van der Waals surface area contributed by atoms with Crippen molar-refractivity contribution in [1.29, 1.82) is 0 Å². The Morgan fingerprint density at radius 3 is 2.80 bits per heavy atom. The average Bonchev–Trinajstić information content (AvgIpc) is 2.83. The van der Waals surface area contributed by atoms with Crippen molar-refractivity contribution in [3.8, 4) is 11.5 Å². The van der Waals surface area contributed by atoms with Crippen molar-refractivity contribution in [1.82, 2.24) is 0 Å². The molecule has 0 saturated carbocycles. The van der Waals surface area contributed by atoms with E-state index in [0.29, 0.717) is 24.4 Å². The Labute approximate surface area is 117 Å². The minimum atomic E-state index is -0.466. The van der Waals surface area contributed by atoms with Crippen LogP contribution in [0.1, 0.15) is 19.8 Å². The Morgan fingerprint density at radius 2 is 2.20 bits per heavy atom. The summed E-state index contributed by atoms with van der Waals surface area (Å²) in [6.45, 7) is 1.95. The summed E-state index contributed by atoms with van der Waals surface area (Å²) in [4.78, 5) is 24.7. The molecule has 0 aromatic heterocycles. The second-order valence-electron chi connectivity index (χ2n) is 4.40. The number of ether oxygens (including phenoxy) is 3. The largest absolute Gasteiger partial charge is 0.464 e. The minimum absolute atomic E-state index is 0.0160. The van der Waals surface area contributed by atoms with Crippen molar-refractivity contribution in [2.45, 2.75) is 19.8 Å². The molecule has 0 aliphatic carbocycles. The monoisotopic (exact) mass is 279 g/mol. The summed E-state index contributed by atoms with van der Waals surface area (Å²) < 4.78 is 15.5. The second kappa shape index (κ2) is 6.38. The molecule has 2 rings (SSSR count). The lowest BCUT2D eigenvalue weighted by atomic mass is 10.2. The summed E-state index contributed by atoms with van der Waals surface area (Å²) in [6, 6.07) is 5.15. The number of esters is 1. The van der Waals surface area contributed by atoms with Crippen LogP contribution in [0.5, 0.6) is 11.5 Å². The van der Waals surface area contributed by atoms with Crippen LogP contribution in [0.2, 0.25) is 0 Å². The fraction of sp³-hybridized carbons (Fsp3) is 0.429. The van der Waals surface area contributed by atoms with Gasteiger partial charge in [0.15, 0.2) is 18.3 Å². The van der Waals surface area contributed by atoms with Crippen molar-refractivity contribution in [2.75, 3.05) is 25.3 Å². The number of hydrogen-bond donors (Lipinski definition) is 0. The summed E-state index contributed by atoms with van der Waals surface area (Å²) in [7, 11) is 1.50. The minimum Gasteiger partial charge on any atom is -0.464 e. The molecule has 0 bridgehead atoms. The number of para-hydroxylation sites is 1. The van der Waals surface area contributed by atoms with Gasteiger partial charge in [-0.05, 0) is 18.6 Å². The Morgan fingerprint density at radius 1 is 1.40 bits per heavy atom. The van der Waals surface area contributed by atoms with E-state index in [1.807, 2.05) is 0 Å². The number of anilines is 1. The van der Waals surface area contributed by atoms with Crippen LogP contribution in [0.4, 0.5) is 5.69 Å². The highest BCUT2D eigenvalue weighted by Gasteiger charge is 2.26. The number of carbonyl (C=O) groups excluding carboxylic acids is 2. The highest BCUT2D eigenvalue weighted by Crippen LogP contribution is 2.39. The lowest BCUT2D eigenvalue weighted by molar-refractivity contribution is -0.132. The van der Waals surface area contributed by atoms with Crippen LogP contribution < -0.4 is 14.4 Å². The zero-order valence-corrected chi connectivity index (χ0v) is 11.5. The summed E-state index contributed by atoms with van der Waals surface area (Å²) in [5, 5.41) is 0. The van der Waals surface area contributed by atoms with E-state index < -0.39 is 5.97 Å². The molecule has 0 N–H and O–H groups in total. The van der Waals surface area contributed by atoms with Crippen molar-refractivity contribution < 1.29 is 23.8 Å². The molecule has 1 saturated heterocycles. The predicted octanol–water partition coefficient (Wildman–Crippen LogP) is 1.72. The lowest BCUT2D eigenvalue weighted by Gasteiger charge is -2.20. The van der Waals surface area contributed by atoms with Crippen LogP contribution in [-0.2, 0) is 14.3 Å². The topological polar surface area (TPSA) is 65.1 Å². The number of methoxy groups -OCH3 is 1. The first-order chi connectivity index (χ1) is 9.63. The van der Waals surface area contributed by atoms with Gasteiger partial charge in [-0.2, -0.15) is 0 Å². The summed E-state index contributed by atoms with van der Waals surface area (Å²) in [6.07, 6.45) is 1.30. The van der Waals surface area contributed by atoms with Gasteiger partial charge in [-0.3, -0.25) is 9.59 Å². The lowest BCUT2D eigenvalue weighted by Crippen LogP contribution is -2.25. The molecule has 0 atom stereocenters. The maximum Gasteiger partial charge on any atom is 0.308 e. The third kappa shape index (κ3) is 3.08. The van der Waals surface area contributed by atoms with E-state index in [9.17, 15) is 9.59 Å². The molecule has 1 aromatic rings. The Bertz CT molecular complexity index is 514. The normalized spacial score (nSPS) is 14.5. The van der Waals surface area contributed by atoms with Crippen LogP contribution in [0.15, 0.2) is 18.2 Å². The molecule has 1 fully saturated rings. The Balaban J connectivity index is 2.38. The van der Waals surface area contributed by atoms with Crippen LogP contribution in [-0.4, -0.2) is 32.3 Å². The van der Waals surface area contributed by atoms with Gasteiger partial charge >= 0.3 is 5.97 Å². The van der Waals surface area contributed by atoms with E-state index in [-0.39, 0.29) is 18.4 Å². The number of benzene rings is 1. The molecule has 1 amide bonds. The summed E-state index contributed by atoms with van der Waals surface area (Å²) >= 11 is 0. The van der Waals surface area contributed by atoms with Gasteiger partial charge in [0.25, 0.3) is 0 Å². The van der Waals surface area contributed by atoms with Crippen molar-refractivity contribution in [3.05, 3.63) is 18.2 Å². The number of rotatable bonds is 5. The summed E-state index contributed by atoms with van der Waals surface area (Å²) in [5.74, 6) is 0.181. The molecule has 6 nitrogen and oxygen atoms in total. The molecule has 108 valence electrons. The van der Waals surface area contributed by atoms with Crippen molar-refractivity contribution in [2.24, 2.45) is 0 Å². The zero-order chi connectivity index (χ0) is 14.5. The van der Waals surface area contributed by atoms with Gasteiger partial charge in [0.05, 0.1) is 5.69 Å². The molecule has 0 unspecified atom stereocenters. The fourth-order valence-electron chi connectivity index (χ4n) is 2.10. The first kappa shape index (κ1) is 14.3.